The Labute approximate surface area is 103 Å². The number of carboxylic acid groups (broad SMARTS) is 1. The number of alkyl halides is 2. The highest BCUT2D eigenvalue weighted by molar-refractivity contribution is 5.80. The summed E-state index contributed by atoms with van der Waals surface area (Å²) in [6, 6.07) is -1.33. The van der Waals surface area contributed by atoms with E-state index in [1.165, 1.54) is 0 Å². The summed E-state index contributed by atoms with van der Waals surface area (Å²) < 4.78 is 30.3. The summed E-state index contributed by atoms with van der Waals surface area (Å²) in [5.41, 5.74) is -0.767. The van der Waals surface area contributed by atoms with Gasteiger partial charge in [-0.15, -0.1) is 0 Å². The number of aliphatic carboxylic acids is 1. The molecular weight excluding hydrogens is 248 g/mol. The predicted octanol–water partition coefficient (Wildman–Crippen LogP) is 2.01. The zero-order valence-corrected chi connectivity index (χ0v) is 10.5. The first-order valence-electron chi connectivity index (χ1n) is 5.60. The van der Waals surface area contributed by atoms with Gasteiger partial charge in [-0.1, -0.05) is 0 Å². The maximum absolute atomic E-state index is 12.7. The van der Waals surface area contributed by atoms with Crippen LogP contribution in [0.25, 0.3) is 0 Å². The van der Waals surface area contributed by atoms with E-state index in [0.717, 1.165) is 0 Å². The van der Waals surface area contributed by atoms with Gasteiger partial charge in [0.25, 0.3) is 0 Å². The van der Waals surface area contributed by atoms with Crippen LogP contribution < -0.4 is 5.32 Å². The lowest BCUT2D eigenvalue weighted by molar-refractivity contribution is -0.153. The van der Waals surface area contributed by atoms with Gasteiger partial charge in [0.2, 0.25) is 5.92 Å². The van der Waals surface area contributed by atoms with Crippen LogP contribution in [0.15, 0.2) is 0 Å². The SMILES string of the molecule is CC(C)(C)OC(=O)NC(C(=O)O)C1CC(F)(F)C1. The van der Waals surface area contributed by atoms with Crippen LogP contribution in [-0.2, 0) is 9.53 Å². The molecule has 1 aliphatic carbocycles. The topological polar surface area (TPSA) is 75.6 Å². The summed E-state index contributed by atoms with van der Waals surface area (Å²) in [6.07, 6.45) is -1.97. The van der Waals surface area contributed by atoms with Crippen LogP contribution in [-0.4, -0.2) is 34.7 Å². The normalized spacial score (nSPS) is 20.7. The second-order valence-electron chi connectivity index (χ2n) is 5.49. The first-order chi connectivity index (χ1) is 8.00. The lowest BCUT2D eigenvalue weighted by Crippen LogP contribution is -2.54. The predicted molar refractivity (Wildman–Crippen MR) is 58.5 cm³/mol. The van der Waals surface area contributed by atoms with Crippen LogP contribution in [0.3, 0.4) is 0 Å². The highest BCUT2D eigenvalue weighted by Gasteiger charge is 2.51. The van der Waals surface area contributed by atoms with E-state index in [9.17, 15) is 18.4 Å². The Hall–Kier alpha value is -1.40. The molecule has 1 saturated carbocycles. The number of nitrogens with one attached hydrogen (secondary N) is 1. The highest BCUT2D eigenvalue weighted by atomic mass is 19.3. The summed E-state index contributed by atoms with van der Waals surface area (Å²) in [5.74, 6) is -4.92. The average Bonchev–Trinajstić information content (AvgIpc) is 2.06. The van der Waals surface area contributed by atoms with Gasteiger partial charge < -0.3 is 15.2 Å². The minimum absolute atomic E-state index is 0.528. The maximum Gasteiger partial charge on any atom is 0.408 e. The van der Waals surface area contributed by atoms with E-state index in [1.54, 1.807) is 20.8 Å². The van der Waals surface area contributed by atoms with Gasteiger partial charge in [0.15, 0.2) is 0 Å². The fourth-order valence-electron chi connectivity index (χ4n) is 1.76. The standard InChI is InChI=1S/C11H17F2NO4/c1-10(2,3)18-9(17)14-7(8(15)16)6-4-11(12,13)5-6/h6-7H,4-5H2,1-3H3,(H,14,17)(H,15,16). The summed E-state index contributed by atoms with van der Waals surface area (Å²) in [6.45, 7) is 4.87. The van der Waals surface area contributed by atoms with Crippen LogP contribution in [0.5, 0.6) is 0 Å². The zero-order valence-electron chi connectivity index (χ0n) is 10.5. The number of carboxylic acids is 1. The molecule has 1 rings (SSSR count). The van der Waals surface area contributed by atoms with Crippen molar-refractivity contribution >= 4 is 12.1 Å². The summed E-state index contributed by atoms with van der Waals surface area (Å²) in [7, 11) is 0. The van der Waals surface area contributed by atoms with Crippen molar-refractivity contribution in [1.82, 2.24) is 5.32 Å². The Morgan fingerprint density at radius 3 is 2.22 bits per heavy atom. The van der Waals surface area contributed by atoms with Crippen LogP contribution in [0.4, 0.5) is 13.6 Å². The Balaban J connectivity index is 2.55. The molecule has 0 radical (unpaired) electrons. The smallest absolute Gasteiger partial charge is 0.408 e. The van der Waals surface area contributed by atoms with Crippen molar-refractivity contribution in [2.75, 3.05) is 0 Å². The third-order valence-electron chi connectivity index (χ3n) is 2.53. The molecule has 1 unspecified atom stereocenters. The Bertz CT molecular complexity index is 343. The molecule has 104 valence electrons. The zero-order chi connectivity index (χ0) is 14.1. The molecule has 1 atom stereocenters. The van der Waals surface area contributed by atoms with E-state index >= 15 is 0 Å². The van der Waals surface area contributed by atoms with E-state index in [0.29, 0.717) is 0 Å². The van der Waals surface area contributed by atoms with E-state index in [1.807, 2.05) is 0 Å². The molecule has 0 aromatic carbocycles. The van der Waals surface area contributed by atoms with Crippen molar-refractivity contribution in [1.29, 1.82) is 0 Å². The number of carbonyl (C=O) groups excluding carboxylic acids is 1. The molecule has 0 bridgehead atoms. The van der Waals surface area contributed by atoms with Gasteiger partial charge in [0.1, 0.15) is 11.6 Å². The molecule has 1 aliphatic rings. The van der Waals surface area contributed by atoms with Crippen molar-refractivity contribution in [2.45, 2.75) is 51.2 Å². The van der Waals surface area contributed by atoms with Gasteiger partial charge in [-0.25, -0.2) is 18.4 Å². The summed E-state index contributed by atoms with van der Waals surface area (Å²) in [4.78, 5) is 22.3. The number of carbonyl (C=O) groups is 2. The minimum atomic E-state index is -2.83. The molecule has 0 aliphatic heterocycles. The van der Waals surface area contributed by atoms with Crippen LogP contribution in [0.1, 0.15) is 33.6 Å². The summed E-state index contributed by atoms with van der Waals surface area (Å²) in [5, 5.41) is 11.0. The summed E-state index contributed by atoms with van der Waals surface area (Å²) >= 11 is 0. The van der Waals surface area contributed by atoms with Crippen LogP contribution in [0, 0.1) is 5.92 Å². The molecule has 1 fully saturated rings. The van der Waals surface area contributed by atoms with Gasteiger partial charge in [-0.2, -0.15) is 0 Å². The molecule has 0 saturated heterocycles. The number of hydrogen-bond acceptors (Lipinski definition) is 3. The maximum atomic E-state index is 12.7. The van der Waals surface area contributed by atoms with Crippen molar-refractivity contribution in [3.63, 3.8) is 0 Å². The monoisotopic (exact) mass is 265 g/mol. The van der Waals surface area contributed by atoms with Crippen molar-refractivity contribution < 1.29 is 28.2 Å². The van der Waals surface area contributed by atoms with E-state index in [4.69, 9.17) is 9.84 Å². The third-order valence-corrected chi connectivity index (χ3v) is 2.53. The van der Waals surface area contributed by atoms with Crippen molar-refractivity contribution in [2.24, 2.45) is 5.92 Å². The van der Waals surface area contributed by atoms with Crippen molar-refractivity contribution in [3.8, 4) is 0 Å². The molecule has 0 aromatic rings. The Morgan fingerprint density at radius 2 is 1.89 bits per heavy atom. The van der Waals surface area contributed by atoms with Gasteiger partial charge in [0.05, 0.1) is 0 Å². The molecular formula is C11H17F2NO4. The fourth-order valence-corrected chi connectivity index (χ4v) is 1.76. The molecule has 7 heteroatoms. The lowest BCUT2D eigenvalue weighted by Gasteiger charge is -2.38. The molecule has 0 heterocycles. The lowest BCUT2D eigenvalue weighted by atomic mass is 9.76. The first kappa shape index (κ1) is 14.7. The second kappa shape index (κ2) is 4.70. The van der Waals surface area contributed by atoms with Crippen LogP contribution >= 0.6 is 0 Å². The Morgan fingerprint density at radius 1 is 1.39 bits per heavy atom. The highest BCUT2D eigenvalue weighted by Crippen LogP contribution is 2.44. The minimum Gasteiger partial charge on any atom is -0.480 e. The van der Waals surface area contributed by atoms with Gasteiger partial charge in [0, 0.05) is 18.8 Å². The molecule has 0 spiro atoms. The number of hydrogen-bond donors (Lipinski definition) is 2. The average molecular weight is 265 g/mol. The van der Waals surface area contributed by atoms with E-state index in [2.05, 4.69) is 5.32 Å². The first-order valence-corrected chi connectivity index (χ1v) is 5.60. The third kappa shape index (κ3) is 4.12. The molecule has 1 amide bonds. The number of halogens is 2. The van der Waals surface area contributed by atoms with Gasteiger partial charge in [-0.05, 0) is 20.8 Å². The van der Waals surface area contributed by atoms with Crippen molar-refractivity contribution in [3.05, 3.63) is 0 Å². The number of ether oxygens (including phenoxy) is 1. The second-order valence-corrected chi connectivity index (χ2v) is 5.49. The molecule has 18 heavy (non-hydrogen) atoms. The van der Waals surface area contributed by atoms with E-state index in [-0.39, 0.29) is 0 Å². The quantitative estimate of drug-likeness (QED) is 0.818. The van der Waals surface area contributed by atoms with Gasteiger partial charge in [-0.3, -0.25) is 0 Å². The largest absolute Gasteiger partial charge is 0.480 e. The number of amides is 1. The molecule has 2 N–H and O–H groups in total. The molecule has 0 aromatic heterocycles. The Kier molecular flexibility index (Phi) is 3.83. The number of rotatable bonds is 3. The van der Waals surface area contributed by atoms with Crippen LogP contribution in [0.2, 0.25) is 0 Å². The number of alkyl carbamates (subject to hydrolysis) is 1. The van der Waals surface area contributed by atoms with Gasteiger partial charge >= 0.3 is 12.1 Å². The fraction of sp³-hybridized carbons (Fsp3) is 0.818. The van der Waals surface area contributed by atoms with E-state index < -0.39 is 48.4 Å². The molecule has 5 nitrogen and oxygen atoms in total.